The second kappa shape index (κ2) is 16.4. The third kappa shape index (κ3) is 23.0. The zero-order valence-electron chi connectivity index (χ0n) is 27.1. The second-order valence-corrected chi connectivity index (χ2v) is 13.8. The molecule has 0 amide bonds. The maximum Gasteiger partial charge on any atom is 0.332 e. The van der Waals surface area contributed by atoms with E-state index in [9.17, 15) is 19.2 Å². The van der Waals surface area contributed by atoms with Gasteiger partial charge in [0.15, 0.2) is 0 Å². The fourth-order valence-corrected chi connectivity index (χ4v) is 3.14. The summed E-state index contributed by atoms with van der Waals surface area (Å²) in [6.07, 6.45) is 0. The minimum atomic E-state index is -1.16. The zero-order valence-corrected chi connectivity index (χ0v) is 27.1. The highest BCUT2D eigenvalue weighted by Crippen LogP contribution is 2.22. The normalized spacial score (nSPS) is 13.0. The summed E-state index contributed by atoms with van der Waals surface area (Å²) in [7, 11) is 0. The lowest BCUT2D eigenvalue weighted by Crippen LogP contribution is -2.44. The van der Waals surface area contributed by atoms with Gasteiger partial charge in [0, 0.05) is 0 Å². The van der Waals surface area contributed by atoms with Gasteiger partial charge in [-0.15, -0.1) is 0 Å². The predicted molar refractivity (Wildman–Crippen MR) is 149 cm³/mol. The molecule has 240 valence electrons. The Labute approximate surface area is 245 Å². The molecule has 0 aromatic heterocycles. The molecule has 0 aromatic carbocycles. The van der Waals surface area contributed by atoms with Crippen molar-refractivity contribution in [1.82, 2.24) is 0 Å². The molecule has 12 nitrogen and oxygen atoms in total. The average Bonchev–Trinajstić information content (AvgIpc) is 2.68. The van der Waals surface area contributed by atoms with Crippen molar-refractivity contribution in [2.75, 3.05) is 52.9 Å². The molecule has 12 heteroatoms. The van der Waals surface area contributed by atoms with E-state index in [-0.39, 0.29) is 52.9 Å². The van der Waals surface area contributed by atoms with Gasteiger partial charge in [-0.05, 0) is 83.1 Å². The summed E-state index contributed by atoms with van der Waals surface area (Å²) in [5, 5.41) is 0. The highest BCUT2D eigenvalue weighted by molar-refractivity contribution is 5.72. The standard InChI is InChI=1S/C29H52O12/c1-25(2,3)38-21(30)13-34-17-29(18-35-14-22(31)39-26(4,5)6,19-36-15-23(32)40-27(7,8)9)20-37-16-24(33)41-28(10,11)12/h13-20H2,1-12H3. The fourth-order valence-electron chi connectivity index (χ4n) is 3.14. The highest BCUT2D eigenvalue weighted by atomic mass is 16.6. The Morgan fingerprint density at radius 3 is 0.683 bits per heavy atom. The summed E-state index contributed by atoms with van der Waals surface area (Å²) < 4.78 is 43.8. The second-order valence-electron chi connectivity index (χ2n) is 13.8. The molecule has 0 saturated carbocycles. The van der Waals surface area contributed by atoms with Gasteiger partial charge in [-0.3, -0.25) is 0 Å². The average molecular weight is 593 g/mol. The number of rotatable bonds is 16. The summed E-state index contributed by atoms with van der Waals surface area (Å²) in [6.45, 7) is 18.6. The van der Waals surface area contributed by atoms with Crippen LogP contribution < -0.4 is 0 Å². The Bertz CT molecular complexity index is 696. The van der Waals surface area contributed by atoms with Crippen molar-refractivity contribution in [3.63, 3.8) is 0 Å². The van der Waals surface area contributed by atoms with Crippen LogP contribution in [0.3, 0.4) is 0 Å². The molecule has 0 saturated heterocycles. The van der Waals surface area contributed by atoms with E-state index in [1.807, 2.05) is 0 Å². The maximum atomic E-state index is 12.2. The first kappa shape index (κ1) is 38.7. The van der Waals surface area contributed by atoms with Crippen molar-refractivity contribution in [3.8, 4) is 0 Å². The van der Waals surface area contributed by atoms with Crippen LogP contribution in [0.2, 0.25) is 0 Å². The molecule has 0 spiro atoms. The van der Waals surface area contributed by atoms with Gasteiger partial charge in [-0.2, -0.15) is 0 Å². The number of hydrogen-bond acceptors (Lipinski definition) is 12. The van der Waals surface area contributed by atoms with Gasteiger partial charge in [-0.1, -0.05) is 0 Å². The van der Waals surface area contributed by atoms with Gasteiger partial charge in [-0.25, -0.2) is 19.2 Å². The van der Waals surface area contributed by atoms with Crippen molar-refractivity contribution >= 4 is 23.9 Å². The molecule has 0 aromatic rings. The van der Waals surface area contributed by atoms with E-state index < -0.39 is 51.7 Å². The SMILES string of the molecule is CC(C)(C)OC(=O)COCC(COCC(=O)OC(C)(C)C)(COCC(=O)OC(C)(C)C)COCC(=O)OC(C)(C)C. The lowest BCUT2D eigenvalue weighted by atomic mass is 9.92. The number of hydrogen-bond donors (Lipinski definition) is 0. The van der Waals surface area contributed by atoms with Crippen LogP contribution >= 0.6 is 0 Å². The van der Waals surface area contributed by atoms with E-state index in [2.05, 4.69) is 0 Å². The quantitative estimate of drug-likeness (QED) is 0.191. The summed E-state index contributed by atoms with van der Waals surface area (Å²) in [5.74, 6) is -2.37. The molecule has 0 unspecified atom stereocenters. The Kier molecular flexibility index (Phi) is 15.5. The van der Waals surface area contributed by atoms with Crippen LogP contribution in [-0.2, 0) is 57.1 Å². The first-order chi connectivity index (χ1) is 18.4. The Balaban J connectivity index is 5.69. The van der Waals surface area contributed by atoms with Crippen LogP contribution in [0.1, 0.15) is 83.1 Å². The van der Waals surface area contributed by atoms with Crippen molar-refractivity contribution in [1.29, 1.82) is 0 Å². The Morgan fingerprint density at radius 1 is 0.366 bits per heavy atom. The van der Waals surface area contributed by atoms with Crippen molar-refractivity contribution < 1.29 is 57.1 Å². The largest absolute Gasteiger partial charge is 0.458 e. The molecule has 0 N–H and O–H groups in total. The van der Waals surface area contributed by atoms with Crippen LogP contribution in [0.4, 0.5) is 0 Å². The number of ether oxygens (including phenoxy) is 8. The molecule has 0 aliphatic carbocycles. The van der Waals surface area contributed by atoms with Crippen LogP contribution in [0, 0.1) is 5.41 Å². The smallest absolute Gasteiger partial charge is 0.332 e. The zero-order chi connectivity index (χ0) is 32.1. The first-order valence-corrected chi connectivity index (χ1v) is 13.6. The lowest BCUT2D eigenvalue weighted by molar-refractivity contribution is -0.173. The molecule has 0 radical (unpaired) electrons. The van der Waals surface area contributed by atoms with E-state index in [0.717, 1.165) is 0 Å². The molecular formula is C29H52O12. The minimum Gasteiger partial charge on any atom is -0.458 e. The Hall–Kier alpha value is -2.28. The molecule has 41 heavy (non-hydrogen) atoms. The maximum absolute atomic E-state index is 12.2. The van der Waals surface area contributed by atoms with E-state index in [1.54, 1.807) is 83.1 Å². The number of carbonyl (C=O) groups is 4. The van der Waals surface area contributed by atoms with Gasteiger partial charge >= 0.3 is 23.9 Å². The molecule has 0 heterocycles. The summed E-state index contributed by atoms with van der Waals surface area (Å²) in [5.41, 5.74) is -3.99. The van der Waals surface area contributed by atoms with Gasteiger partial charge in [0.2, 0.25) is 0 Å². The van der Waals surface area contributed by atoms with Crippen molar-refractivity contribution in [2.45, 2.75) is 105 Å². The van der Waals surface area contributed by atoms with Crippen LogP contribution in [0.25, 0.3) is 0 Å². The van der Waals surface area contributed by atoms with Gasteiger partial charge in [0.1, 0.15) is 48.8 Å². The minimum absolute atomic E-state index is 0.163. The summed E-state index contributed by atoms with van der Waals surface area (Å²) in [6, 6.07) is 0. The van der Waals surface area contributed by atoms with Gasteiger partial charge in [0.05, 0.1) is 31.8 Å². The highest BCUT2D eigenvalue weighted by Gasteiger charge is 2.35. The predicted octanol–water partition coefficient (Wildman–Crippen LogP) is 3.41. The molecular weight excluding hydrogens is 540 g/mol. The van der Waals surface area contributed by atoms with Crippen molar-refractivity contribution in [3.05, 3.63) is 0 Å². The van der Waals surface area contributed by atoms with Crippen LogP contribution in [-0.4, -0.2) is 99.1 Å². The molecule has 0 bridgehead atoms. The monoisotopic (exact) mass is 592 g/mol. The molecule has 0 atom stereocenters. The number of carbonyl (C=O) groups excluding carboxylic acids is 4. The number of esters is 4. The van der Waals surface area contributed by atoms with Crippen molar-refractivity contribution in [2.24, 2.45) is 5.41 Å². The van der Waals surface area contributed by atoms with Gasteiger partial charge in [0.25, 0.3) is 0 Å². The van der Waals surface area contributed by atoms with Gasteiger partial charge < -0.3 is 37.9 Å². The van der Waals surface area contributed by atoms with Crippen LogP contribution in [0.5, 0.6) is 0 Å². The molecule has 0 rings (SSSR count). The van der Waals surface area contributed by atoms with E-state index in [1.165, 1.54) is 0 Å². The van der Waals surface area contributed by atoms with E-state index in [0.29, 0.717) is 0 Å². The fraction of sp³-hybridized carbons (Fsp3) is 0.862. The summed E-state index contributed by atoms with van der Waals surface area (Å²) in [4.78, 5) is 48.9. The molecule has 0 aliphatic rings. The molecule has 0 aliphatic heterocycles. The first-order valence-electron chi connectivity index (χ1n) is 13.6. The molecule has 0 fully saturated rings. The summed E-state index contributed by atoms with van der Waals surface area (Å²) >= 11 is 0. The third-order valence-electron chi connectivity index (χ3n) is 4.19. The topological polar surface area (TPSA) is 142 Å². The Morgan fingerprint density at radius 2 is 0.537 bits per heavy atom. The van der Waals surface area contributed by atoms with E-state index >= 15 is 0 Å². The lowest BCUT2D eigenvalue weighted by Gasteiger charge is -2.33. The third-order valence-corrected chi connectivity index (χ3v) is 4.19. The van der Waals surface area contributed by atoms with E-state index in [4.69, 9.17) is 37.9 Å². The van der Waals surface area contributed by atoms with Crippen LogP contribution in [0.15, 0.2) is 0 Å².